The van der Waals surface area contributed by atoms with Crippen LogP contribution in [0.4, 0.5) is 5.82 Å². The fourth-order valence-corrected chi connectivity index (χ4v) is 4.34. The molecule has 7 nitrogen and oxygen atoms in total. The van der Waals surface area contributed by atoms with Gasteiger partial charge in [-0.2, -0.15) is 5.10 Å². The molecule has 0 unspecified atom stereocenters. The molecule has 4 rings (SSSR count). The van der Waals surface area contributed by atoms with E-state index >= 15 is 0 Å². The first kappa shape index (κ1) is 16.9. The summed E-state index contributed by atoms with van der Waals surface area (Å²) in [5.41, 5.74) is 1.37. The van der Waals surface area contributed by atoms with Crippen LogP contribution >= 0.6 is 0 Å². The third kappa shape index (κ3) is 3.25. The Hall–Kier alpha value is -2.58. The summed E-state index contributed by atoms with van der Waals surface area (Å²) in [6.07, 6.45) is 1.60. The second-order valence-electron chi connectivity index (χ2n) is 6.49. The lowest BCUT2D eigenvalue weighted by Gasteiger charge is -2.39. The molecule has 1 N–H and O–H groups in total. The van der Waals surface area contributed by atoms with Gasteiger partial charge in [0.15, 0.2) is 5.82 Å². The monoisotopic (exact) mass is 369 g/mol. The van der Waals surface area contributed by atoms with E-state index in [2.05, 4.69) is 24.8 Å². The van der Waals surface area contributed by atoms with Crippen LogP contribution in [-0.2, 0) is 10.0 Å². The van der Waals surface area contributed by atoms with Crippen molar-refractivity contribution in [2.24, 2.45) is 5.92 Å². The van der Waals surface area contributed by atoms with Crippen LogP contribution in [0.1, 0.15) is 5.69 Å². The Bertz CT molecular complexity index is 1030. The van der Waals surface area contributed by atoms with Gasteiger partial charge in [-0.25, -0.2) is 13.1 Å². The van der Waals surface area contributed by atoms with Crippen molar-refractivity contribution in [3.8, 4) is 0 Å². The van der Waals surface area contributed by atoms with Crippen LogP contribution in [0.3, 0.4) is 0 Å². The third-order valence-electron chi connectivity index (χ3n) is 4.51. The maximum Gasteiger partial charge on any atom is 0.242 e. The lowest BCUT2D eigenvalue weighted by atomic mass is 10.0. The first-order chi connectivity index (χ1) is 12.5. The first-order valence-electron chi connectivity index (χ1n) is 8.42. The Balaban J connectivity index is 1.41. The summed E-state index contributed by atoms with van der Waals surface area (Å²) in [6.45, 7) is 3.80. The molecule has 1 aliphatic rings. The molecule has 3 aromatic rings. The van der Waals surface area contributed by atoms with Crippen LogP contribution < -0.4 is 9.62 Å². The molecule has 2 aromatic heterocycles. The van der Waals surface area contributed by atoms with Gasteiger partial charge in [-0.05, 0) is 31.2 Å². The van der Waals surface area contributed by atoms with E-state index in [9.17, 15) is 8.42 Å². The van der Waals surface area contributed by atoms with Gasteiger partial charge in [0.1, 0.15) is 4.90 Å². The average Bonchev–Trinajstić information content (AvgIpc) is 2.61. The van der Waals surface area contributed by atoms with Crippen molar-refractivity contribution < 1.29 is 8.42 Å². The van der Waals surface area contributed by atoms with Gasteiger partial charge in [-0.1, -0.05) is 18.2 Å². The lowest BCUT2D eigenvalue weighted by molar-refractivity contribution is 0.402. The number of nitrogens with one attached hydrogen (secondary N) is 1. The summed E-state index contributed by atoms with van der Waals surface area (Å²) in [7, 11) is -3.60. The van der Waals surface area contributed by atoms with Crippen molar-refractivity contribution >= 4 is 26.7 Å². The lowest BCUT2D eigenvalue weighted by Crippen LogP contribution is -2.51. The van der Waals surface area contributed by atoms with Crippen LogP contribution in [0.2, 0.25) is 0 Å². The smallest absolute Gasteiger partial charge is 0.242 e. The number of para-hydroxylation sites is 1. The van der Waals surface area contributed by atoms with Crippen molar-refractivity contribution in [2.75, 3.05) is 24.5 Å². The van der Waals surface area contributed by atoms with Gasteiger partial charge in [0.25, 0.3) is 0 Å². The summed E-state index contributed by atoms with van der Waals surface area (Å²) >= 11 is 0. The van der Waals surface area contributed by atoms with Crippen molar-refractivity contribution in [2.45, 2.75) is 11.8 Å². The molecule has 0 saturated carbocycles. The fourth-order valence-electron chi connectivity index (χ4n) is 3.04. The highest BCUT2D eigenvalue weighted by Crippen LogP contribution is 2.23. The number of fused-ring (bicyclic) bond motifs is 1. The van der Waals surface area contributed by atoms with Gasteiger partial charge in [0, 0.05) is 37.1 Å². The van der Waals surface area contributed by atoms with Crippen molar-refractivity contribution in [3.63, 3.8) is 0 Å². The second kappa shape index (κ2) is 6.62. The molecule has 8 heteroatoms. The molecule has 1 fully saturated rings. The topological polar surface area (TPSA) is 88.1 Å². The molecule has 26 heavy (non-hydrogen) atoms. The van der Waals surface area contributed by atoms with Crippen molar-refractivity contribution in [3.05, 3.63) is 54.4 Å². The molecular weight excluding hydrogens is 350 g/mol. The summed E-state index contributed by atoms with van der Waals surface area (Å²) in [4.78, 5) is 6.53. The molecule has 3 heterocycles. The molecule has 1 aliphatic heterocycles. The number of nitrogens with zero attached hydrogens (tertiary/aromatic N) is 4. The number of hydrogen-bond donors (Lipinski definition) is 1. The van der Waals surface area contributed by atoms with Crippen LogP contribution in [0.25, 0.3) is 10.9 Å². The van der Waals surface area contributed by atoms with Gasteiger partial charge in [0.05, 0.1) is 11.2 Å². The molecule has 134 valence electrons. The zero-order chi connectivity index (χ0) is 18.1. The third-order valence-corrected chi connectivity index (χ3v) is 5.97. The molecule has 1 saturated heterocycles. The van der Waals surface area contributed by atoms with E-state index in [4.69, 9.17) is 0 Å². The Kier molecular flexibility index (Phi) is 4.29. The number of sulfonamides is 1. The van der Waals surface area contributed by atoms with Crippen LogP contribution in [-0.4, -0.2) is 43.2 Å². The number of benzene rings is 1. The SMILES string of the molecule is Cc1ccc(N2CC(CNS(=O)(=O)c3cccc4cccnc34)C2)nn1. The highest BCUT2D eigenvalue weighted by molar-refractivity contribution is 7.89. The maximum atomic E-state index is 12.7. The minimum absolute atomic E-state index is 0.219. The van der Waals surface area contributed by atoms with Crippen LogP contribution in [0.15, 0.2) is 53.6 Å². The average molecular weight is 369 g/mol. The fraction of sp³-hybridized carbons (Fsp3) is 0.278. The zero-order valence-corrected chi connectivity index (χ0v) is 15.1. The number of aromatic nitrogens is 3. The Morgan fingerprint density at radius 3 is 2.69 bits per heavy atom. The molecule has 1 aromatic carbocycles. The van der Waals surface area contributed by atoms with Gasteiger partial charge in [-0.3, -0.25) is 4.98 Å². The summed E-state index contributed by atoms with van der Waals surface area (Å²) in [5.74, 6) is 1.07. The molecule has 0 atom stereocenters. The van der Waals surface area contributed by atoms with E-state index in [-0.39, 0.29) is 10.8 Å². The highest BCUT2D eigenvalue weighted by Gasteiger charge is 2.29. The summed E-state index contributed by atoms with van der Waals surface area (Å²) in [6, 6.07) is 12.7. The van der Waals surface area contributed by atoms with Crippen LogP contribution in [0.5, 0.6) is 0 Å². The largest absolute Gasteiger partial charge is 0.354 e. The van der Waals surface area contributed by atoms with Crippen LogP contribution in [0, 0.1) is 12.8 Å². The van der Waals surface area contributed by atoms with E-state index in [1.54, 1.807) is 24.4 Å². The van der Waals surface area contributed by atoms with E-state index < -0.39 is 10.0 Å². The summed E-state index contributed by atoms with van der Waals surface area (Å²) in [5, 5.41) is 9.01. The number of aryl methyl sites for hydroxylation is 1. The Morgan fingerprint density at radius 1 is 1.12 bits per heavy atom. The zero-order valence-electron chi connectivity index (χ0n) is 14.3. The van der Waals surface area contributed by atoms with Crippen molar-refractivity contribution in [1.29, 1.82) is 0 Å². The predicted octanol–water partition coefficient (Wildman–Crippen LogP) is 1.75. The number of anilines is 1. The van der Waals surface area contributed by atoms with E-state index in [1.807, 2.05) is 31.2 Å². The number of pyridine rings is 1. The molecule has 0 radical (unpaired) electrons. The Labute approximate surface area is 152 Å². The maximum absolute atomic E-state index is 12.7. The predicted molar refractivity (Wildman–Crippen MR) is 99.4 cm³/mol. The van der Waals surface area contributed by atoms with Gasteiger partial charge >= 0.3 is 0 Å². The van der Waals surface area contributed by atoms with E-state index in [1.165, 1.54) is 0 Å². The second-order valence-corrected chi connectivity index (χ2v) is 8.22. The minimum atomic E-state index is -3.60. The van der Waals surface area contributed by atoms with E-state index in [0.29, 0.717) is 12.1 Å². The van der Waals surface area contributed by atoms with Gasteiger partial charge in [-0.15, -0.1) is 5.10 Å². The van der Waals surface area contributed by atoms with Gasteiger partial charge in [0.2, 0.25) is 10.0 Å². The standard InChI is InChI=1S/C18H19N5O2S/c1-13-7-8-17(22-21-13)23-11-14(12-23)10-20-26(24,25)16-6-2-4-15-5-3-9-19-18(15)16/h2-9,14,20H,10-12H2,1H3. The van der Waals surface area contributed by atoms with E-state index in [0.717, 1.165) is 30.0 Å². The molecular formula is C18H19N5O2S. The quantitative estimate of drug-likeness (QED) is 0.737. The normalized spacial score (nSPS) is 15.2. The number of hydrogen-bond acceptors (Lipinski definition) is 6. The molecule has 0 aliphatic carbocycles. The molecule has 0 spiro atoms. The highest BCUT2D eigenvalue weighted by atomic mass is 32.2. The van der Waals surface area contributed by atoms with Crippen molar-refractivity contribution in [1.82, 2.24) is 19.9 Å². The molecule has 0 amide bonds. The molecule has 0 bridgehead atoms. The first-order valence-corrected chi connectivity index (χ1v) is 9.90. The minimum Gasteiger partial charge on any atom is -0.354 e. The number of rotatable bonds is 5. The van der Waals surface area contributed by atoms with Gasteiger partial charge < -0.3 is 4.90 Å². The Morgan fingerprint density at radius 2 is 1.92 bits per heavy atom. The summed E-state index contributed by atoms with van der Waals surface area (Å²) < 4.78 is 28.1.